The normalized spacial score (nSPS) is 15.6. The molecule has 0 saturated carbocycles. The van der Waals surface area contributed by atoms with Crippen LogP contribution in [0.4, 0.5) is 4.79 Å². The van der Waals surface area contributed by atoms with Crippen LogP contribution in [-0.2, 0) is 11.4 Å². The van der Waals surface area contributed by atoms with Crippen molar-refractivity contribution < 1.29 is 19.1 Å². The van der Waals surface area contributed by atoms with Gasteiger partial charge >= 0.3 is 0 Å². The molecule has 3 rings (SSSR count). The average molecular weight is 448 g/mol. The molecule has 27 heavy (non-hydrogen) atoms. The summed E-state index contributed by atoms with van der Waals surface area (Å²) in [6, 6.07) is 11.7. The minimum Gasteiger partial charge on any atom is -0.493 e. The number of likely N-dealkylation sites (N-methyl/N-ethyl adjacent to an activating group) is 1. The fourth-order valence-electron chi connectivity index (χ4n) is 2.58. The van der Waals surface area contributed by atoms with Gasteiger partial charge in [-0.1, -0.05) is 45.8 Å². The Kier molecular flexibility index (Phi) is 5.92. The SMILES string of the molecule is COc1cc(/C=C2\SC(=O)N(C)C2=O)c(Br)cc1OCc1cccc(C)c1. The number of aryl methyl sites for hydroxylation is 1. The van der Waals surface area contributed by atoms with Crippen molar-refractivity contribution in [2.24, 2.45) is 0 Å². The number of carbonyl (C=O) groups excluding carboxylic acids is 2. The van der Waals surface area contributed by atoms with Gasteiger partial charge in [0.2, 0.25) is 0 Å². The van der Waals surface area contributed by atoms with Crippen molar-refractivity contribution in [2.75, 3.05) is 14.2 Å². The Morgan fingerprint density at radius 2 is 1.96 bits per heavy atom. The van der Waals surface area contributed by atoms with E-state index >= 15 is 0 Å². The standard InChI is InChI=1S/C20H18BrNO4S/c1-12-5-4-6-13(7-12)11-26-17-10-15(21)14(8-16(17)25-3)9-18-19(23)22(2)20(24)27-18/h4-10H,11H2,1-3H3/b18-9-. The number of ether oxygens (including phenoxy) is 2. The van der Waals surface area contributed by atoms with E-state index in [-0.39, 0.29) is 11.1 Å². The van der Waals surface area contributed by atoms with E-state index in [1.54, 1.807) is 25.3 Å². The number of hydrogen-bond acceptors (Lipinski definition) is 5. The summed E-state index contributed by atoms with van der Waals surface area (Å²) in [5.41, 5.74) is 2.96. The molecule has 2 amide bonds. The molecular formula is C20H18BrNO4S. The topological polar surface area (TPSA) is 55.8 Å². The smallest absolute Gasteiger partial charge is 0.293 e. The maximum absolute atomic E-state index is 12.1. The maximum atomic E-state index is 12.1. The molecule has 0 unspecified atom stereocenters. The molecule has 1 saturated heterocycles. The predicted molar refractivity (Wildman–Crippen MR) is 110 cm³/mol. The van der Waals surface area contributed by atoms with Gasteiger partial charge in [-0.2, -0.15) is 0 Å². The predicted octanol–water partition coefficient (Wildman–Crippen LogP) is 5.01. The molecule has 5 nitrogen and oxygen atoms in total. The fraction of sp³-hybridized carbons (Fsp3) is 0.200. The van der Waals surface area contributed by atoms with Crippen LogP contribution in [0.15, 0.2) is 45.8 Å². The van der Waals surface area contributed by atoms with E-state index < -0.39 is 0 Å². The number of nitrogens with zero attached hydrogens (tertiary/aromatic N) is 1. The van der Waals surface area contributed by atoms with Crippen LogP contribution in [0.5, 0.6) is 11.5 Å². The van der Waals surface area contributed by atoms with Crippen molar-refractivity contribution >= 4 is 44.9 Å². The Balaban J connectivity index is 1.85. The van der Waals surface area contributed by atoms with Crippen molar-refractivity contribution in [3.8, 4) is 11.5 Å². The highest BCUT2D eigenvalue weighted by Crippen LogP contribution is 2.37. The minimum absolute atomic E-state index is 0.285. The summed E-state index contributed by atoms with van der Waals surface area (Å²) < 4.78 is 12.1. The highest BCUT2D eigenvalue weighted by molar-refractivity contribution is 9.10. The molecule has 0 aromatic heterocycles. The highest BCUT2D eigenvalue weighted by Gasteiger charge is 2.32. The zero-order valence-corrected chi connectivity index (χ0v) is 17.5. The van der Waals surface area contributed by atoms with E-state index in [9.17, 15) is 9.59 Å². The van der Waals surface area contributed by atoms with Crippen molar-refractivity contribution in [3.63, 3.8) is 0 Å². The quantitative estimate of drug-likeness (QED) is 0.602. The van der Waals surface area contributed by atoms with Crippen LogP contribution in [-0.4, -0.2) is 30.2 Å². The Labute approximate surface area is 170 Å². The number of amides is 2. The zero-order chi connectivity index (χ0) is 19.6. The van der Waals surface area contributed by atoms with Crippen molar-refractivity contribution in [2.45, 2.75) is 13.5 Å². The number of hydrogen-bond donors (Lipinski definition) is 0. The van der Waals surface area contributed by atoms with Gasteiger partial charge in [-0.25, -0.2) is 0 Å². The van der Waals surface area contributed by atoms with E-state index in [1.807, 2.05) is 25.1 Å². The van der Waals surface area contributed by atoms with Crippen molar-refractivity contribution in [1.82, 2.24) is 4.90 Å². The summed E-state index contributed by atoms with van der Waals surface area (Å²) >= 11 is 4.42. The Morgan fingerprint density at radius 3 is 2.59 bits per heavy atom. The molecule has 2 aromatic rings. The number of thioether (sulfide) groups is 1. The minimum atomic E-state index is -0.310. The first-order valence-electron chi connectivity index (χ1n) is 8.16. The molecule has 0 bridgehead atoms. The second-order valence-corrected chi connectivity index (χ2v) is 7.89. The molecule has 7 heteroatoms. The number of benzene rings is 2. The van der Waals surface area contributed by atoms with Crippen LogP contribution >= 0.6 is 27.7 Å². The third-order valence-electron chi connectivity index (χ3n) is 4.03. The number of imide groups is 1. The third-order valence-corrected chi connectivity index (χ3v) is 5.68. The molecule has 0 N–H and O–H groups in total. The first kappa shape index (κ1) is 19.5. The van der Waals surface area contributed by atoms with Gasteiger partial charge in [0.15, 0.2) is 11.5 Å². The summed E-state index contributed by atoms with van der Waals surface area (Å²) in [5.74, 6) is 0.829. The van der Waals surface area contributed by atoms with Gasteiger partial charge in [0.05, 0.1) is 12.0 Å². The number of rotatable bonds is 5. The molecule has 2 aromatic carbocycles. The lowest BCUT2D eigenvalue weighted by molar-refractivity contribution is -0.121. The van der Waals surface area contributed by atoms with Gasteiger partial charge in [0.1, 0.15) is 6.61 Å². The van der Waals surface area contributed by atoms with Gasteiger partial charge in [0.25, 0.3) is 11.1 Å². The molecule has 1 fully saturated rings. The molecule has 1 aliphatic rings. The fourth-order valence-corrected chi connectivity index (χ4v) is 3.84. The summed E-state index contributed by atoms with van der Waals surface area (Å²) in [7, 11) is 3.03. The zero-order valence-electron chi connectivity index (χ0n) is 15.1. The van der Waals surface area contributed by atoms with Crippen molar-refractivity contribution in [3.05, 3.63) is 62.5 Å². The van der Waals surface area contributed by atoms with E-state index in [4.69, 9.17) is 9.47 Å². The first-order valence-corrected chi connectivity index (χ1v) is 9.77. The summed E-state index contributed by atoms with van der Waals surface area (Å²) in [5, 5.41) is -0.285. The lowest BCUT2D eigenvalue weighted by Gasteiger charge is -2.13. The van der Waals surface area contributed by atoms with Gasteiger partial charge < -0.3 is 9.47 Å². The van der Waals surface area contributed by atoms with Gasteiger partial charge in [-0.3, -0.25) is 14.5 Å². The molecule has 1 aliphatic heterocycles. The molecule has 0 aliphatic carbocycles. The Hall–Kier alpha value is -2.25. The van der Waals surface area contributed by atoms with Crippen LogP contribution in [0.2, 0.25) is 0 Å². The molecular weight excluding hydrogens is 430 g/mol. The molecule has 0 spiro atoms. The average Bonchev–Trinajstić information content (AvgIpc) is 2.88. The second-order valence-electron chi connectivity index (χ2n) is 6.04. The van der Waals surface area contributed by atoms with E-state index in [2.05, 4.69) is 22.0 Å². The number of methoxy groups -OCH3 is 1. The second kappa shape index (κ2) is 8.19. The summed E-state index contributed by atoms with van der Waals surface area (Å²) in [4.78, 5) is 25.2. The molecule has 140 valence electrons. The molecule has 0 atom stereocenters. The Morgan fingerprint density at radius 1 is 1.19 bits per heavy atom. The number of halogens is 1. The van der Waals surface area contributed by atoms with Gasteiger partial charge in [-0.15, -0.1) is 0 Å². The lowest BCUT2D eigenvalue weighted by Crippen LogP contribution is -2.22. The van der Waals surface area contributed by atoms with Gasteiger partial charge in [-0.05, 0) is 48.0 Å². The van der Waals surface area contributed by atoms with Crippen LogP contribution < -0.4 is 9.47 Å². The number of carbonyl (C=O) groups is 2. The summed E-state index contributed by atoms with van der Waals surface area (Å²) in [6.07, 6.45) is 1.67. The van der Waals surface area contributed by atoms with E-state index in [1.165, 1.54) is 12.6 Å². The van der Waals surface area contributed by atoms with Gasteiger partial charge in [0, 0.05) is 11.5 Å². The van der Waals surface area contributed by atoms with Crippen LogP contribution in [0.3, 0.4) is 0 Å². The first-order chi connectivity index (χ1) is 12.9. The van der Waals surface area contributed by atoms with E-state index in [0.29, 0.717) is 23.0 Å². The van der Waals surface area contributed by atoms with Crippen LogP contribution in [0.25, 0.3) is 6.08 Å². The van der Waals surface area contributed by atoms with Crippen LogP contribution in [0, 0.1) is 6.92 Å². The monoisotopic (exact) mass is 447 g/mol. The lowest BCUT2D eigenvalue weighted by atomic mass is 10.1. The maximum Gasteiger partial charge on any atom is 0.293 e. The van der Waals surface area contributed by atoms with E-state index in [0.717, 1.165) is 32.3 Å². The molecule has 1 heterocycles. The third kappa shape index (κ3) is 4.36. The molecule has 0 radical (unpaired) electrons. The Bertz CT molecular complexity index is 942. The summed E-state index contributed by atoms with van der Waals surface area (Å²) in [6.45, 7) is 2.45. The van der Waals surface area contributed by atoms with Crippen LogP contribution in [0.1, 0.15) is 16.7 Å². The largest absolute Gasteiger partial charge is 0.493 e. The highest BCUT2D eigenvalue weighted by atomic mass is 79.9. The van der Waals surface area contributed by atoms with Crippen molar-refractivity contribution in [1.29, 1.82) is 0 Å².